The Kier molecular flexibility index (Phi) is 11.9. The Balaban J connectivity index is 2.45. The molecule has 0 saturated carbocycles. The summed E-state index contributed by atoms with van der Waals surface area (Å²) in [7, 11) is 1.76. The van der Waals surface area contributed by atoms with E-state index in [1.165, 1.54) is 12.8 Å². The molecule has 0 spiro atoms. The number of hydrogen-bond acceptors (Lipinski definition) is 4. The maximum atomic E-state index is 10.8. The van der Waals surface area contributed by atoms with Gasteiger partial charge in [0.1, 0.15) is 0 Å². The van der Waals surface area contributed by atoms with E-state index >= 15 is 0 Å². The van der Waals surface area contributed by atoms with Gasteiger partial charge in [-0.25, -0.2) is 0 Å². The summed E-state index contributed by atoms with van der Waals surface area (Å²) in [5.74, 6) is 1.52. The topological polar surface area (TPSA) is 69.1 Å². The Hall–Kier alpha value is -0.850. The van der Waals surface area contributed by atoms with Gasteiger partial charge < -0.3 is 25.4 Å². The summed E-state index contributed by atoms with van der Waals surface area (Å²) in [6.07, 6.45) is 6.01. The van der Waals surface area contributed by atoms with Crippen molar-refractivity contribution in [3.8, 4) is 0 Å². The molecule has 0 radical (unpaired) electrons. The number of aliphatic imine (C=N–C) groups is 1. The number of ether oxygens (including phenoxy) is 1. The normalized spacial score (nSPS) is 17.5. The van der Waals surface area contributed by atoms with Gasteiger partial charge in [-0.15, -0.1) is 0 Å². The van der Waals surface area contributed by atoms with E-state index in [0.29, 0.717) is 12.5 Å². The second-order valence-corrected chi connectivity index (χ2v) is 7.58. The highest BCUT2D eigenvalue weighted by Gasteiger charge is 2.25. The Labute approximate surface area is 160 Å². The molecule has 0 amide bonds. The van der Waals surface area contributed by atoms with Crippen LogP contribution in [0.15, 0.2) is 4.99 Å². The number of methoxy groups -OCH3 is 1. The molecule has 26 heavy (non-hydrogen) atoms. The third-order valence-electron chi connectivity index (χ3n) is 5.18. The molecule has 6 nitrogen and oxygen atoms in total. The van der Waals surface area contributed by atoms with E-state index in [1.54, 1.807) is 7.11 Å². The lowest BCUT2D eigenvalue weighted by atomic mass is 9.93. The van der Waals surface area contributed by atoms with Gasteiger partial charge in [-0.3, -0.25) is 4.99 Å². The van der Waals surface area contributed by atoms with Gasteiger partial charge in [0, 0.05) is 26.7 Å². The van der Waals surface area contributed by atoms with E-state index < -0.39 is 5.60 Å². The van der Waals surface area contributed by atoms with Crippen LogP contribution in [0.25, 0.3) is 0 Å². The van der Waals surface area contributed by atoms with Crippen LogP contribution in [0.2, 0.25) is 0 Å². The number of likely N-dealkylation sites (tertiary alicyclic amines) is 1. The maximum absolute atomic E-state index is 10.8. The van der Waals surface area contributed by atoms with Crippen molar-refractivity contribution >= 4 is 5.96 Å². The molecule has 1 saturated heterocycles. The number of rotatable bonds is 12. The zero-order valence-corrected chi connectivity index (χ0v) is 17.5. The Morgan fingerprint density at radius 1 is 1.15 bits per heavy atom. The fraction of sp³-hybridized carbons (Fsp3) is 0.950. The molecule has 0 aromatic rings. The summed E-state index contributed by atoms with van der Waals surface area (Å²) in [5, 5.41) is 17.6. The van der Waals surface area contributed by atoms with E-state index in [0.717, 1.165) is 71.0 Å². The molecule has 0 aromatic heterocycles. The smallest absolute Gasteiger partial charge is 0.191 e. The molecule has 0 aliphatic carbocycles. The van der Waals surface area contributed by atoms with Crippen molar-refractivity contribution < 1.29 is 9.84 Å². The van der Waals surface area contributed by atoms with Crippen LogP contribution in [0.1, 0.15) is 59.3 Å². The van der Waals surface area contributed by atoms with E-state index in [-0.39, 0.29) is 0 Å². The first-order valence-corrected chi connectivity index (χ1v) is 10.5. The minimum absolute atomic E-state index is 0.472. The Bertz CT molecular complexity index is 376. The van der Waals surface area contributed by atoms with Gasteiger partial charge in [0.15, 0.2) is 5.96 Å². The SMILES string of the molecule is CCCC(O)(CCC)CN=C(NCC)NCC1CCN(CCOC)CC1. The summed E-state index contributed by atoms with van der Waals surface area (Å²) in [6, 6.07) is 0. The van der Waals surface area contributed by atoms with Crippen LogP contribution in [0.4, 0.5) is 0 Å². The summed E-state index contributed by atoms with van der Waals surface area (Å²) in [5.41, 5.74) is -0.668. The monoisotopic (exact) mass is 370 g/mol. The Morgan fingerprint density at radius 3 is 2.35 bits per heavy atom. The minimum Gasteiger partial charge on any atom is -0.388 e. The number of guanidine groups is 1. The third kappa shape index (κ3) is 9.19. The molecule has 154 valence electrons. The van der Waals surface area contributed by atoms with Gasteiger partial charge in [-0.1, -0.05) is 26.7 Å². The number of aliphatic hydroxyl groups is 1. The van der Waals surface area contributed by atoms with Gasteiger partial charge in [0.05, 0.1) is 18.8 Å². The predicted octanol–water partition coefficient (Wildman–Crippen LogP) is 2.23. The number of nitrogens with zero attached hydrogens (tertiary/aromatic N) is 2. The quantitative estimate of drug-likeness (QED) is 0.363. The summed E-state index contributed by atoms with van der Waals surface area (Å²) in [4.78, 5) is 7.16. The molecular formula is C20H42N4O2. The van der Waals surface area contributed by atoms with Crippen molar-refractivity contribution in [2.45, 2.75) is 64.9 Å². The summed E-state index contributed by atoms with van der Waals surface area (Å²) < 4.78 is 5.17. The second kappa shape index (κ2) is 13.3. The first-order chi connectivity index (χ1) is 12.6. The first kappa shape index (κ1) is 23.2. The minimum atomic E-state index is -0.668. The van der Waals surface area contributed by atoms with Crippen LogP contribution in [-0.2, 0) is 4.74 Å². The Morgan fingerprint density at radius 2 is 1.81 bits per heavy atom. The van der Waals surface area contributed by atoms with Crippen LogP contribution >= 0.6 is 0 Å². The second-order valence-electron chi connectivity index (χ2n) is 7.58. The average molecular weight is 371 g/mol. The van der Waals surface area contributed by atoms with Crippen molar-refractivity contribution in [3.63, 3.8) is 0 Å². The van der Waals surface area contributed by atoms with Crippen molar-refractivity contribution in [1.29, 1.82) is 0 Å². The third-order valence-corrected chi connectivity index (χ3v) is 5.18. The number of piperidine rings is 1. The molecular weight excluding hydrogens is 328 g/mol. The standard InChI is InChI=1S/C20H42N4O2/c1-5-10-20(25,11-6-2)17-23-19(21-7-3)22-16-18-8-12-24(13-9-18)14-15-26-4/h18,25H,5-17H2,1-4H3,(H2,21,22,23). The molecule has 0 bridgehead atoms. The lowest BCUT2D eigenvalue weighted by molar-refractivity contribution is 0.0306. The van der Waals surface area contributed by atoms with Gasteiger partial charge >= 0.3 is 0 Å². The van der Waals surface area contributed by atoms with Crippen molar-refractivity contribution in [1.82, 2.24) is 15.5 Å². The molecule has 1 rings (SSSR count). The largest absolute Gasteiger partial charge is 0.388 e. The van der Waals surface area contributed by atoms with E-state index in [4.69, 9.17) is 4.74 Å². The van der Waals surface area contributed by atoms with Crippen LogP contribution < -0.4 is 10.6 Å². The average Bonchev–Trinajstić information content (AvgIpc) is 2.63. The molecule has 1 aliphatic rings. The van der Waals surface area contributed by atoms with Crippen LogP contribution in [0.5, 0.6) is 0 Å². The summed E-state index contributed by atoms with van der Waals surface area (Å²) in [6.45, 7) is 12.7. The first-order valence-electron chi connectivity index (χ1n) is 10.5. The number of hydrogen-bond donors (Lipinski definition) is 3. The highest BCUT2D eigenvalue weighted by Crippen LogP contribution is 2.20. The van der Waals surface area contributed by atoms with Crippen LogP contribution in [0.3, 0.4) is 0 Å². The molecule has 1 fully saturated rings. The zero-order chi connectivity index (χ0) is 19.3. The highest BCUT2D eigenvalue weighted by atomic mass is 16.5. The molecule has 0 aromatic carbocycles. The molecule has 0 atom stereocenters. The van der Waals surface area contributed by atoms with Crippen LogP contribution in [0, 0.1) is 5.92 Å². The predicted molar refractivity (Wildman–Crippen MR) is 110 cm³/mol. The lowest BCUT2D eigenvalue weighted by Crippen LogP contribution is -2.44. The van der Waals surface area contributed by atoms with Gasteiger partial charge in [0.2, 0.25) is 0 Å². The molecule has 1 aliphatic heterocycles. The maximum Gasteiger partial charge on any atom is 0.191 e. The van der Waals surface area contributed by atoms with Gasteiger partial charge in [0.25, 0.3) is 0 Å². The lowest BCUT2D eigenvalue weighted by Gasteiger charge is -2.32. The molecule has 6 heteroatoms. The van der Waals surface area contributed by atoms with Crippen molar-refractivity contribution in [2.75, 3.05) is 53.0 Å². The van der Waals surface area contributed by atoms with Gasteiger partial charge in [-0.05, 0) is 51.6 Å². The molecule has 3 N–H and O–H groups in total. The summed E-state index contributed by atoms with van der Waals surface area (Å²) >= 11 is 0. The van der Waals surface area contributed by atoms with Crippen LogP contribution in [-0.4, -0.2) is 74.6 Å². The fourth-order valence-corrected chi connectivity index (χ4v) is 3.66. The van der Waals surface area contributed by atoms with E-state index in [1.807, 2.05) is 0 Å². The van der Waals surface area contributed by atoms with Gasteiger partial charge in [-0.2, -0.15) is 0 Å². The zero-order valence-electron chi connectivity index (χ0n) is 17.5. The molecule has 0 unspecified atom stereocenters. The van der Waals surface area contributed by atoms with Crippen molar-refractivity contribution in [3.05, 3.63) is 0 Å². The molecule has 1 heterocycles. The van der Waals surface area contributed by atoms with E-state index in [2.05, 4.69) is 41.3 Å². The number of nitrogens with one attached hydrogen (secondary N) is 2. The van der Waals surface area contributed by atoms with Crippen molar-refractivity contribution in [2.24, 2.45) is 10.9 Å². The highest BCUT2D eigenvalue weighted by molar-refractivity contribution is 5.79. The fourth-order valence-electron chi connectivity index (χ4n) is 3.66. The van der Waals surface area contributed by atoms with E-state index in [9.17, 15) is 5.11 Å².